The molecule has 3 aromatic rings. The number of ketones is 2. The molecule has 4 N–H and O–H groups in total. The minimum atomic E-state index is -1.83. The van der Waals surface area contributed by atoms with E-state index in [4.69, 9.17) is 13.9 Å². The van der Waals surface area contributed by atoms with E-state index in [1.165, 1.54) is 12.1 Å². The van der Waals surface area contributed by atoms with E-state index >= 15 is 0 Å². The van der Waals surface area contributed by atoms with Crippen LogP contribution in [0.3, 0.4) is 0 Å². The number of methoxy groups -OCH3 is 1. The first-order valence-electron chi connectivity index (χ1n) is 10.9. The summed E-state index contributed by atoms with van der Waals surface area (Å²) >= 11 is 0. The molecule has 0 saturated carbocycles. The van der Waals surface area contributed by atoms with Crippen molar-refractivity contribution in [3.63, 3.8) is 0 Å². The number of aliphatic hydroxyl groups excluding tert-OH is 1. The number of phenols is 3. The Hall–Kier alpha value is -4.84. The zero-order valence-electron chi connectivity index (χ0n) is 18.9. The van der Waals surface area contributed by atoms with Crippen molar-refractivity contribution in [2.24, 2.45) is 0 Å². The highest BCUT2D eigenvalue weighted by Crippen LogP contribution is 2.54. The highest BCUT2D eigenvalue weighted by molar-refractivity contribution is 6.28. The molecule has 2 unspecified atom stereocenters. The molecule has 12 heteroatoms. The van der Waals surface area contributed by atoms with Crippen LogP contribution in [0.15, 0.2) is 44.8 Å². The first-order chi connectivity index (χ1) is 17.5. The highest BCUT2D eigenvalue weighted by Gasteiger charge is 2.54. The van der Waals surface area contributed by atoms with Gasteiger partial charge in [-0.3, -0.25) is 9.59 Å². The van der Waals surface area contributed by atoms with Crippen molar-refractivity contribution in [1.82, 2.24) is 0 Å². The number of rotatable bonds is 1. The molecule has 188 valence electrons. The minimum Gasteiger partial charge on any atom is -0.507 e. The number of aliphatic hydroxyl groups is 1. The van der Waals surface area contributed by atoms with Gasteiger partial charge in [0.25, 0.3) is 5.79 Å². The lowest BCUT2D eigenvalue weighted by Crippen LogP contribution is -2.41. The van der Waals surface area contributed by atoms with E-state index in [0.29, 0.717) is 0 Å². The van der Waals surface area contributed by atoms with E-state index in [2.05, 4.69) is 4.74 Å². The van der Waals surface area contributed by atoms with Gasteiger partial charge in [-0.05, 0) is 29.7 Å². The zero-order chi connectivity index (χ0) is 26.4. The maximum atomic E-state index is 13.1. The number of hydrogen-bond donors (Lipinski definition) is 4. The van der Waals surface area contributed by atoms with Crippen LogP contribution in [0.4, 0.5) is 0 Å². The van der Waals surface area contributed by atoms with Crippen molar-refractivity contribution in [3.8, 4) is 23.0 Å². The monoisotopic (exact) mass is 508 g/mol. The van der Waals surface area contributed by atoms with Crippen LogP contribution in [-0.4, -0.2) is 50.9 Å². The fourth-order valence-corrected chi connectivity index (χ4v) is 5.01. The Bertz CT molecular complexity index is 1640. The average Bonchev–Trinajstić information content (AvgIpc) is 3.23. The summed E-state index contributed by atoms with van der Waals surface area (Å²) in [5.41, 5.74) is -1.97. The number of carbonyl (C=O) groups excluding carboxylic acids is 3. The second-order valence-electron chi connectivity index (χ2n) is 8.83. The SMILES string of the molecule is COC(=O)c1cc2cc3c(c(O)c2c(=O)o1)OC1(CC2=C(O1)C(=O)c1c(O)ccc(O)c1C2=O)CC3O. The summed E-state index contributed by atoms with van der Waals surface area (Å²) in [4.78, 5) is 50.6. The van der Waals surface area contributed by atoms with Gasteiger partial charge in [-0.15, -0.1) is 0 Å². The quantitative estimate of drug-likeness (QED) is 0.276. The molecule has 1 spiro atoms. The Morgan fingerprint density at radius 1 is 1.03 bits per heavy atom. The number of esters is 1. The lowest BCUT2D eigenvalue weighted by molar-refractivity contribution is -0.170. The minimum absolute atomic E-state index is 0.0572. The first kappa shape index (κ1) is 22.6. The van der Waals surface area contributed by atoms with Crippen LogP contribution in [0.1, 0.15) is 55.8 Å². The number of ether oxygens (including phenoxy) is 3. The zero-order valence-corrected chi connectivity index (χ0v) is 18.9. The summed E-state index contributed by atoms with van der Waals surface area (Å²) < 4.78 is 21.2. The Balaban J connectivity index is 1.44. The number of Topliss-reactive ketones (excluding diaryl/α,β-unsaturated/α-hetero) is 2. The maximum absolute atomic E-state index is 13.1. The third-order valence-electron chi connectivity index (χ3n) is 6.65. The first-order valence-corrected chi connectivity index (χ1v) is 10.9. The van der Waals surface area contributed by atoms with Crippen LogP contribution in [0.25, 0.3) is 10.8 Å². The second-order valence-corrected chi connectivity index (χ2v) is 8.83. The predicted molar refractivity (Wildman–Crippen MR) is 120 cm³/mol. The summed E-state index contributed by atoms with van der Waals surface area (Å²) in [5, 5.41) is 41.9. The fourth-order valence-electron chi connectivity index (χ4n) is 5.01. The van der Waals surface area contributed by atoms with Gasteiger partial charge >= 0.3 is 11.6 Å². The largest absolute Gasteiger partial charge is 0.507 e. The van der Waals surface area contributed by atoms with Crippen molar-refractivity contribution in [1.29, 1.82) is 0 Å². The predicted octanol–water partition coefficient (Wildman–Crippen LogP) is 1.96. The van der Waals surface area contributed by atoms with Gasteiger partial charge in [-0.2, -0.15) is 0 Å². The molecule has 1 aromatic heterocycles. The molecule has 0 radical (unpaired) electrons. The van der Waals surface area contributed by atoms with Gasteiger partial charge in [0.2, 0.25) is 11.5 Å². The Morgan fingerprint density at radius 3 is 2.38 bits per heavy atom. The topological polar surface area (TPSA) is 190 Å². The van der Waals surface area contributed by atoms with E-state index in [9.17, 15) is 39.6 Å². The summed E-state index contributed by atoms with van der Waals surface area (Å²) in [5.74, 6) is -7.29. The van der Waals surface area contributed by atoms with Crippen LogP contribution < -0.4 is 10.4 Å². The van der Waals surface area contributed by atoms with E-state index in [1.54, 1.807) is 0 Å². The van der Waals surface area contributed by atoms with Crippen molar-refractivity contribution in [3.05, 3.63) is 68.5 Å². The normalized spacial score (nSPS) is 21.8. The van der Waals surface area contributed by atoms with Crippen LogP contribution in [-0.2, 0) is 9.47 Å². The van der Waals surface area contributed by atoms with E-state index in [0.717, 1.165) is 19.2 Å². The second kappa shape index (κ2) is 7.34. The molecular weight excluding hydrogens is 492 g/mol. The summed E-state index contributed by atoms with van der Waals surface area (Å²) in [7, 11) is 1.10. The summed E-state index contributed by atoms with van der Waals surface area (Å²) in [6.07, 6.45) is -1.99. The van der Waals surface area contributed by atoms with Gasteiger partial charge in [0.15, 0.2) is 23.0 Å². The Labute approximate surface area is 205 Å². The highest BCUT2D eigenvalue weighted by atomic mass is 16.7. The summed E-state index contributed by atoms with van der Waals surface area (Å²) in [6.45, 7) is 0. The van der Waals surface area contributed by atoms with Crippen molar-refractivity contribution in [2.75, 3.05) is 7.11 Å². The number of hydrogen-bond acceptors (Lipinski definition) is 12. The maximum Gasteiger partial charge on any atom is 0.374 e. The van der Waals surface area contributed by atoms with Crippen molar-refractivity contribution < 1.29 is 53.4 Å². The third kappa shape index (κ3) is 2.99. The number of aromatic hydroxyl groups is 3. The molecule has 0 saturated heterocycles. The van der Waals surface area contributed by atoms with E-state index in [1.807, 2.05) is 0 Å². The van der Waals surface area contributed by atoms with Gasteiger partial charge in [-0.25, -0.2) is 9.59 Å². The van der Waals surface area contributed by atoms with Gasteiger partial charge in [0, 0.05) is 5.56 Å². The standard InChI is InChI=1S/C25H16O12/c1-34-23(32)14-5-8-4-9-13(28)7-25(36-21(9)19(30)15(8)24(33)35-14)6-10-18(29)16-11(26)2-3-12(27)17(16)20(31)22(10)37-25/h2-5,13,26-28,30H,6-7H2,1H3. The molecule has 37 heavy (non-hydrogen) atoms. The van der Waals surface area contributed by atoms with Gasteiger partial charge in [0.05, 0.1) is 42.8 Å². The van der Waals surface area contributed by atoms with Crippen LogP contribution in [0, 0.1) is 0 Å². The molecule has 2 aromatic carbocycles. The van der Waals surface area contributed by atoms with Gasteiger partial charge < -0.3 is 39.1 Å². The molecular formula is C25H16O12. The molecule has 2 atom stereocenters. The van der Waals surface area contributed by atoms with Crippen molar-refractivity contribution in [2.45, 2.75) is 24.7 Å². The Kier molecular flexibility index (Phi) is 4.48. The fraction of sp³-hybridized carbons (Fsp3) is 0.200. The molecule has 6 rings (SSSR count). The third-order valence-corrected chi connectivity index (χ3v) is 6.65. The molecule has 12 nitrogen and oxygen atoms in total. The molecule has 0 bridgehead atoms. The molecule has 3 heterocycles. The molecule has 1 aliphatic carbocycles. The average molecular weight is 508 g/mol. The summed E-state index contributed by atoms with van der Waals surface area (Å²) in [6, 6.07) is 4.64. The number of benzene rings is 2. The van der Waals surface area contributed by atoms with Gasteiger partial charge in [-0.1, -0.05) is 0 Å². The number of carbonyl (C=O) groups is 3. The lowest BCUT2D eigenvalue weighted by Gasteiger charge is -2.37. The van der Waals surface area contributed by atoms with E-state index in [-0.39, 0.29) is 46.1 Å². The smallest absolute Gasteiger partial charge is 0.374 e. The Morgan fingerprint density at radius 2 is 1.70 bits per heavy atom. The van der Waals surface area contributed by atoms with Gasteiger partial charge in [0.1, 0.15) is 16.9 Å². The van der Waals surface area contributed by atoms with Crippen LogP contribution in [0.2, 0.25) is 0 Å². The molecule has 3 aliphatic rings. The number of fused-ring (bicyclic) bond motifs is 3. The molecule has 2 aliphatic heterocycles. The number of allylic oxidation sites excluding steroid dienone is 1. The van der Waals surface area contributed by atoms with Crippen molar-refractivity contribution >= 4 is 28.3 Å². The van der Waals surface area contributed by atoms with E-state index < -0.39 is 69.4 Å². The lowest BCUT2D eigenvalue weighted by atomic mass is 9.84. The molecule has 0 amide bonds. The number of phenolic OH excluding ortho intramolecular Hbond substituents is 3. The molecule has 0 fully saturated rings. The van der Waals surface area contributed by atoms with Crippen LogP contribution >= 0.6 is 0 Å². The van der Waals surface area contributed by atoms with Crippen LogP contribution in [0.5, 0.6) is 23.0 Å².